The van der Waals surface area contributed by atoms with Gasteiger partial charge in [0.1, 0.15) is 0 Å². The molecule has 1 amide bonds. The molecule has 0 aliphatic carbocycles. The van der Waals surface area contributed by atoms with E-state index in [-0.39, 0.29) is 5.91 Å². The maximum absolute atomic E-state index is 12.6. The fourth-order valence-electron chi connectivity index (χ4n) is 2.92. The summed E-state index contributed by atoms with van der Waals surface area (Å²) < 4.78 is 0. The molecular weight excluding hydrogens is 388 g/mol. The number of carbonyl (C=O) groups is 1. The summed E-state index contributed by atoms with van der Waals surface area (Å²) in [5.74, 6) is -0.167. The number of rotatable bonds is 4. The van der Waals surface area contributed by atoms with Gasteiger partial charge in [-0.25, -0.2) is 4.98 Å². The largest absolute Gasteiger partial charge is 0.298 e. The smallest absolute Gasteiger partial charge is 0.257 e. The molecule has 0 bridgehead atoms. The number of amides is 1. The summed E-state index contributed by atoms with van der Waals surface area (Å²) in [6.07, 6.45) is 0. The molecule has 138 valence electrons. The molecule has 0 spiro atoms. The van der Waals surface area contributed by atoms with Crippen LogP contribution in [0.3, 0.4) is 0 Å². The van der Waals surface area contributed by atoms with Gasteiger partial charge < -0.3 is 0 Å². The minimum atomic E-state index is -0.167. The van der Waals surface area contributed by atoms with E-state index in [9.17, 15) is 4.79 Å². The average molecular weight is 405 g/mol. The lowest BCUT2D eigenvalue weighted by Crippen LogP contribution is -2.11. The third kappa shape index (κ3) is 3.98. The van der Waals surface area contributed by atoms with Crippen molar-refractivity contribution < 1.29 is 4.79 Å². The zero-order valence-electron chi connectivity index (χ0n) is 15.1. The van der Waals surface area contributed by atoms with Gasteiger partial charge in [0.15, 0.2) is 5.13 Å². The van der Waals surface area contributed by atoms with Gasteiger partial charge in [-0.1, -0.05) is 83.1 Å². The van der Waals surface area contributed by atoms with Gasteiger partial charge >= 0.3 is 0 Å². The molecule has 4 aromatic rings. The van der Waals surface area contributed by atoms with E-state index in [0.717, 1.165) is 27.3 Å². The van der Waals surface area contributed by atoms with E-state index in [4.69, 9.17) is 16.6 Å². The summed E-state index contributed by atoms with van der Waals surface area (Å²) in [4.78, 5) is 18.4. The standard InChI is InChI=1S/C23H17ClN2OS/c1-15-6-5-9-18(14-15)22(27)26-23-25-20(16-7-3-2-4-8-16)21(28-23)17-10-12-19(24)13-11-17/h2-14H,1H3,(H,25,26,27). The highest BCUT2D eigenvalue weighted by atomic mass is 35.5. The molecule has 1 heterocycles. The van der Waals surface area contributed by atoms with E-state index in [1.807, 2.05) is 79.7 Å². The third-order valence-corrected chi connectivity index (χ3v) is 5.55. The van der Waals surface area contributed by atoms with Gasteiger partial charge in [0, 0.05) is 16.1 Å². The number of aryl methyl sites for hydroxylation is 1. The van der Waals surface area contributed by atoms with Gasteiger partial charge in [-0.05, 0) is 36.8 Å². The highest BCUT2D eigenvalue weighted by Gasteiger charge is 2.17. The van der Waals surface area contributed by atoms with Crippen molar-refractivity contribution in [2.75, 3.05) is 5.32 Å². The molecule has 1 N–H and O–H groups in total. The molecular formula is C23H17ClN2OS. The lowest BCUT2D eigenvalue weighted by molar-refractivity contribution is 0.102. The van der Waals surface area contributed by atoms with Crippen molar-refractivity contribution in [3.8, 4) is 21.7 Å². The Labute approximate surface area is 172 Å². The van der Waals surface area contributed by atoms with Gasteiger partial charge in [-0.15, -0.1) is 0 Å². The van der Waals surface area contributed by atoms with Crippen LogP contribution in [0.25, 0.3) is 21.7 Å². The highest BCUT2D eigenvalue weighted by molar-refractivity contribution is 7.19. The van der Waals surface area contributed by atoms with E-state index in [0.29, 0.717) is 15.7 Å². The van der Waals surface area contributed by atoms with Crippen molar-refractivity contribution in [2.45, 2.75) is 6.92 Å². The van der Waals surface area contributed by atoms with Crippen LogP contribution in [0.1, 0.15) is 15.9 Å². The first kappa shape index (κ1) is 18.4. The molecule has 4 rings (SSSR count). The van der Waals surface area contributed by atoms with Gasteiger partial charge in [-0.3, -0.25) is 10.1 Å². The van der Waals surface area contributed by atoms with Gasteiger partial charge in [0.25, 0.3) is 5.91 Å². The van der Waals surface area contributed by atoms with Crippen molar-refractivity contribution in [3.63, 3.8) is 0 Å². The molecule has 0 aliphatic rings. The van der Waals surface area contributed by atoms with Crippen LogP contribution < -0.4 is 5.32 Å². The Bertz CT molecular complexity index is 1120. The second-order valence-corrected chi connectivity index (χ2v) is 7.83. The van der Waals surface area contributed by atoms with Crippen LogP contribution in [0.2, 0.25) is 5.02 Å². The fourth-order valence-corrected chi connectivity index (χ4v) is 4.03. The van der Waals surface area contributed by atoms with Gasteiger partial charge in [0.2, 0.25) is 0 Å². The first-order valence-electron chi connectivity index (χ1n) is 8.80. The van der Waals surface area contributed by atoms with E-state index < -0.39 is 0 Å². The Morgan fingerprint density at radius 2 is 1.68 bits per heavy atom. The average Bonchev–Trinajstić information content (AvgIpc) is 3.13. The van der Waals surface area contributed by atoms with E-state index in [2.05, 4.69) is 5.32 Å². The molecule has 0 radical (unpaired) electrons. The zero-order valence-corrected chi connectivity index (χ0v) is 16.7. The van der Waals surface area contributed by atoms with Crippen molar-refractivity contribution in [2.24, 2.45) is 0 Å². The predicted molar refractivity (Wildman–Crippen MR) is 117 cm³/mol. The summed E-state index contributed by atoms with van der Waals surface area (Å²) in [7, 11) is 0. The van der Waals surface area contributed by atoms with E-state index >= 15 is 0 Å². The number of nitrogens with one attached hydrogen (secondary N) is 1. The highest BCUT2D eigenvalue weighted by Crippen LogP contribution is 2.39. The maximum Gasteiger partial charge on any atom is 0.257 e. The van der Waals surface area contributed by atoms with Crippen molar-refractivity contribution in [1.82, 2.24) is 4.98 Å². The first-order valence-corrected chi connectivity index (χ1v) is 10.00. The molecule has 0 atom stereocenters. The number of carbonyl (C=O) groups excluding carboxylic acids is 1. The predicted octanol–water partition coefficient (Wildman–Crippen LogP) is 6.69. The molecule has 28 heavy (non-hydrogen) atoms. The summed E-state index contributed by atoms with van der Waals surface area (Å²) in [6, 6.07) is 25.1. The molecule has 0 unspecified atom stereocenters. The van der Waals surface area contributed by atoms with Crippen LogP contribution >= 0.6 is 22.9 Å². The van der Waals surface area contributed by atoms with E-state index in [1.54, 1.807) is 6.07 Å². The minimum absolute atomic E-state index is 0.167. The molecule has 1 aromatic heterocycles. The number of thiazole rings is 1. The first-order chi connectivity index (χ1) is 13.6. The lowest BCUT2D eigenvalue weighted by atomic mass is 10.1. The second-order valence-electron chi connectivity index (χ2n) is 6.39. The van der Waals surface area contributed by atoms with E-state index in [1.165, 1.54) is 11.3 Å². The number of hydrogen-bond acceptors (Lipinski definition) is 3. The Morgan fingerprint density at radius 1 is 0.929 bits per heavy atom. The number of aromatic nitrogens is 1. The summed E-state index contributed by atoms with van der Waals surface area (Å²) in [6.45, 7) is 1.96. The van der Waals surface area contributed by atoms with Crippen LogP contribution in [0.4, 0.5) is 5.13 Å². The lowest BCUT2D eigenvalue weighted by Gasteiger charge is -2.02. The number of halogens is 1. The summed E-state index contributed by atoms with van der Waals surface area (Å²) in [5.41, 5.74) is 4.51. The third-order valence-electron chi connectivity index (χ3n) is 4.28. The fraction of sp³-hybridized carbons (Fsp3) is 0.0435. The number of benzene rings is 3. The number of nitrogens with zero attached hydrogens (tertiary/aromatic N) is 1. The SMILES string of the molecule is Cc1cccc(C(=O)Nc2nc(-c3ccccc3)c(-c3ccc(Cl)cc3)s2)c1. The Morgan fingerprint density at radius 3 is 2.39 bits per heavy atom. The minimum Gasteiger partial charge on any atom is -0.298 e. The summed E-state index contributed by atoms with van der Waals surface area (Å²) in [5, 5.41) is 4.19. The zero-order chi connectivity index (χ0) is 19.5. The van der Waals surface area contributed by atoms with Crippen molar-refractivity contribution in [1.29, 1.82) is 0 Å². The normalized spacial score (nSPS) is 10.6. The van der Waals surface area contributed by atoms with Crippen LogP contribution in [-0.2, 0) is 0 Å². The Hall–Kier alpha value is -2.95. The van der Waals surface area contributed by atoms with Gasteiger partial charge in [-0.2, -0.15) is 0 Å². The van der Waals surface area contributed by atoms with Crippen LogP contribution in [0.15, 0.2) is 78.9 Å². The summed E-state index contributed by atoms with van der Waals surface area (Å²) >= 11 is 7.50. The molecule has 0 saturated carbocycles. The topological polar surface area (TPSA) is 42.0 Å². The maximum atomic E-state index is 12.6. The van der Waals surface area contributed by atoms with Crippen LogP contribution in [0.5, 0.6) is 0 Å². The second kappa shape index (κ2) is 7.97. The molecule has 0 saturated heterocycles. The van der Waals surface area contributed by atoms with Crippen molar-refractivity contribution >= 4 is 34.0 Å². The Balaban J connectivity index is 1.73. The quantitative estimate of drug-likeness (QED) is 0.411. The molecule has 0 fully saturated rings. The molecule has 3 aromatic carbocycles. The number of anilines is 1. The van der Waals surface area contributed by atoms with Crippen LogP contribution in [0, 0.1) is 6.92 Å². The van der Waals surface area contributed by atoms with Gasteiger partial charge in [0.05, 0.1) is 10.6 Å². The Kier molecular flexibility index (Phi) is 5.24. The monoisotopic (exact) mass is 404 g/mol. The molecule has 5 heteroatoms. The molecule has 0 aliphatic heterocycles. The number of hydrogen-bond donors (Lipinski definition) is 1. The van der Waals surface area contributed by atoms with Crippen molar-refractivity contribution in [3.05, 3.63) is 95.0 Å². The van der Waals surface area contributed by atoms with Crippen LogP contribution in [-0.4, -0.2) is 10.9 Å². The molecule has 3 nitrogen and oxygen atoms in total.